The normalized spacial score (nSPS) is 18.2. The van der Waals surface area contributed by atoms with Crippen LogP contribution in [-0.2, 0) is 16.0 Å². The minimum Gasteiger partial charge on any atom is -0.481 e. The molecule has 0 bridgehead atoms. The maximum absolute atomic E-state index is 13.4. The summed E-state index contributed by atoms with van der Waals surface area (Å²) in [5.74, 6) is -2.90. The molecule has 3 N–H and O–H groups in total. The van der Waals surface area contributed by atoms with E-state index in [4.69, 9.17) is 0 Å². The van der Waals surface area contributed by atoms with Crippen LogP contribution in [0.5, 0.6) is 0 Å². The van der Waals surface area contributed by atoms with Crippen LogP contribution in [0.2, 0.25) is 0 Å². The van der Waals surface area contributed by atoms with Gasteiger partial charge in [0.15, 0.2) is 5.78 Å². The van der Waals surface area contributed by atoms with Crippen LogP contribution in [0.25, 0.3) is 11.6 Å². The molecular formula is C20H17FN2O4. The highest BCUT2D eigenvalue weighted by Crippen LogP contribution is 2.37. The van der Waals surface area contributed by atoms with Crippen molar-refractivity contribution in [3.8, 4) is 0 Å². The zero-order valence-electron chi connectivity index (χ0n) is 14.6. The van der Waals surface area contributed by atoms with Gasteiger partial charge in [-0.05, 0) is 44.0 Å². The van der Waals surface area contributed by atoms with Crippen LogP contribution < -0.4 is 5.32 Å². The first-order chi connectivity index (χ1) is 12.9. The van der Waals surface area contributed by atoms with Crippen molar-refractivity contribution in [3.05, 3.63) is 52.1 Å². The van der Waals surface area contributed by atoms with E-state index in [0.717, 1.165) is 0 Å². The number of aromatic nitrogens is 1. The Kier molecular flexibility index (Phi) is 3.95. The van der Waals surface area contributed by atoms with Crippen LogP contribution in [0.3, 0.4) is 0 Å². The SMILES string of the molecule is CC(C(=O)O)c1c(/C=C2\C(=O)Nc3cc(F)ccc32)[nH]c2c1C(=O)CCC2. The number of aromatic amines is 1. The van der Waals surface area contributed by atoms with Gasteiger partial charge in [0.2, 0.25) is 0 Å². The van der Waals surface area contributed by atoms with Crippen LogP contribution in [0.4, 0.5) is 10.1 Å². The van der Waals surface area contributed by atoms with Gasteiger partial charge in [0.25, 0.3) is 5.91 Å². The van der Waals surface area contributed by atoms with Crippen LogP contribution in [0.1, 0.15) is 58.6 Å². The van der Waals surface area contributed by atoms with E-state index in [1.165, 1.54) is 25.1 Å². The molecule has 0 fully saturated rings. The number of rotatable bonds is 3. The molecule has 0 spiro atoms. The molecule has 2 aromatic rings. The van der Waals surface area contributed by atoms with Crippen LogP contribution >= 0.6 is 0 Å². The third-order valence-electron chi connectivity index (χ3n) is 5.11. The Morgan fingerprint density at radius 1 is 1.30 bits per heavy atom. The number of benzene rings is 1. The number of carboxylic acids is 1. The summed E-state index contributed by atoms with van der Waals surface area (Å²) in [6, 6.07) is 4.00. The number of carbonyl (C=O) groups excluding carboxylic acids is 2. The van der Waals surface area contributed by atoms with E-state index < -0.39 is 23.6 Å². The molecule has 1 aromatic heterocycles. The van der Waals surface area contributed by atoms with E-state index in [1.807, 2.05) is 0 Å². The zero-order valence-corrected chi connectivity index (χ0v) is 14.6. The van der Waals surface area contributed by atoms with Crippen molar-refractivity contribution in [1.82, 2.24) is 4.98 Å². The third-order valence-corrected chi connectivity index (χ3v) is 5.11. The van der Waals surface area contributed by atoms with Crippen molar-refractivity contribution >= 4 is 35.0 Å². The summed E-state index contributed by atoms with van der Waals surface area (Å²) in [5, 5.41) is 12.1. The number of fused-ring (bicyclic) bond motifs is 2. The Morgan fingerprint density at radius 3 is 2.81 bits per heavy atom. The van der Waals surface area contributed by atoms with E-state index >= 15 is 0 Å². The standard InChI is InChI=1S/C20H17FN2O4/c1-9(20(26)27)17-15(22-13-3-2-4-16(24)18(13)17)8-12-11-6-5-10(21)7-14(11)23-19(12)25/h5-9,22H,2-4H2,1H3,(H,23,25)(H,26,27)/b12-8-. The number of carboxylic acid groups (broad SMARTS) is 1. The number of ketones is 1. The number of H-pyrrole nitrogens is 1. The molecule has 1 atom stereocenters. The van der Waals surface area contributed by atoms with E-state index in [9.17, 15) is 23.9 Å². The third kappa shape index (κ3) is 2.75. The Labute approximate surface area is 154 Å². The fraction of sp³-hybridized carbons (Fsp3) is 0.250. The largest absolute Gasteiger partial charge is 0.481 e. The second kappa shape index (κ2) is 6.19. The molecular weight excluding hydrogens is 351 g/mol. The van der Waals surface area contributed by atoms with Gasteiger partial charge in [0, 0.05) is 34.5 Å². The van der Waals surface area contributed by atoms with Gasteiger partial charge in [-0.15, -0.1) is 0 Å². The first kappa shape index (κ1) is 17.2. The molecule has 0 saturated carbocycles. The summed E-state index contributed by atoms with van der Waals surface area (Å²) < 4.78 is 13.4. The number of hydrogen-bond acceptors (Lipinski definition) is 3. The molecule has 0 radical (unpaired) electrons. The molecule has 1 unspecified atom stereocenters. The lowest BCUT2D eigenvalue weighted by atomic mass is 9.87. The first-order valence-corrected chi connectivity index (χ1v) is 8.70. The molecule has 1 aliphatic carbocycles. The Balaban J connectivity index is 1.90. The highest BCUT2D eigenvalue weighted by molar-refractivity contribution is 6.35. The van der Waals surface area contributed by atoms with Gasteiger partial charge in [-0.25, -0.2) is 4.39 Å². The topological polar surface area (TPSA) is 99.3 Å². The van der Waals surface area contributed by atoms with E-state index in [2.05, 4.69) is 10.3 Å². The highest BCUT2D eigenvalue weighted by atomic mass is 19.1. The van der Waals surface area contributed by atoms with Gasteiger partial charge in [0.05, 0.1) is 17.2 Å². The monoisotopic (exact) mass is 368 g/mol. The molecule has 138 valence electrons. The molecule has 6 nitrogen and oxygen atoms in total. The summed E-state index contributed by atoms with van der Waals surface area (Å²) in [7, 11) is 0. The van der Waals surface area contributed by atoms with Crippen molar-refractivity contribution in [2.24, 2.45) is 0 Å². The molecule has 27 heavy (non-hydrogen) atoms. The van der Waals surface area contributed by atoms with Crippen LogP contribution in [0.15, 0.2) is 18.2 Å². The number of aliphatic carboxylic acids is 1. The maximum Gasteiger partial charge on any atom is 0.310 e. The van der Waals surface area contributed by atoms with Crippen molar-refractivity contribution in [2.75, 3.05) is 5.32 Å². The van der Waals surface area contributed by atoms with Crippen LogP contribution in [-0.4, -0.2) is 27.8 Å². The van der Waals surface area contributed by atoms with Crippen molar-refractivity contribution < 1.29 is 23.9 Å². The Morgan fingerprint density at radius 2 is 2.07 bits per heavy atom. The number of hydrogen-bond donors (Lipinski definition) is 3. The number of Topliss-reactive ketones (excluding diaryl/α,β-unsaturated/α-hetero) is 1. The first-order valence-electron chi connectivity index (χ1n) is 8.70. The van der Waals surface area contributed by atoms with Gasteiger partial charge in [-0.1, -0.05) is 0 Å². The van der Waals surface area contributed by atoms with Crippen molar-refractivity contribution in [2.45, 2.75) is 32.1 Å². The van der Waals surface area contributed by atoms with Crippen molar-refractivity contribution in [1.29, 1.82) is 0 Å². The second-order valence-electron chi connectivity index (χ2n) is 6.84. The summed E-state index contributed by atoms with van der Waals surface area (Å²) in [4.78, 5) is 39.6. The van der Waals surface area contributed by atoms with Crippen molar-refractivity contribution in [3.63, 3.8) is 0 Å². The van der Waals surface area contributed by atoms with E-state index in [1.54, 1.807) is 6.08 Å². The van der Waals surface area contributed by atoms with Gasteiger partial charge >= 0.3 is 5.97 Å². The fourth-order valence-corrected chi connectivity index (χ4v) is 3.79. The number of nitrogens with one attached hydrogen (secondary N) is 2. The molecule has 7 heteroatoms. The molecule has 2 heterocycles. The maximum atomic E-state index is 13.4. The van der Waals surface area contributed by atoms with Gasteiger partial charge in [0.1, 0.15) is 5.82 Å². The molecule has 0 saturated heterocycles. The van der Waals surface area contributed by atoms with E-state index in [-0.39, 0.29) is 5.78 Å². The summed E-state index contributed by atoms with van der Waals surface area (Å²) in [6.45, 7) is 1.52. The molecule has 1 aromatic carbocycles. The number of anilines is 1. The zero-order chi connectivity index (χ0) is 19.3. The minimum atomic E-state index is -1.05. The van der Waals surface area contributed by atoms with Gasteiger partial charge < -0.3 is 15.4 Å². The van der Waals surface area contributed by atoms with E-state index in [0.29, 0.717) is 58.6 Å². The highest BCUT2D eigenvalue weighted by Gasteiger charge is 2.32. The lowest BCUT2D eigenvalue weighted by Crippen LogP contribution is -2.15. The smallest absolute Gasteiger partial charge is 0.310 e. The molecule has 1 amide bonds. The number of amides is 1. The predicted octanol–water partition coefficient (Wildman–Crippen LogP) is 3.35. The summed E-state index contributed by atoms with van der Waals surface area (Å²) in [6.07, 6.45) is 3.28. The van der Waals surface area contributed by atoms with Gasteiger partial charge in [-0.3, -0.25) is 14.4 Å². The molecule has 4 rings (SSSR count). The number of halogens is 1. The number of aryl methyl sites for hydroxylation is 1. The Bertz CT molecular complexity index is 1030. The average molecular weight is 368 g/mol. The van der Waals surface area contributed by atoms with Crippen LogP contribution in [0, 0.1) is 5.82 Å². The summed E-state index contributed by atoms with van der Waals surface area (Å²) >= 11 is 0. The lowest BCUT2D eigenvalue weighted by Gasteiger charge is -2.14. The Hall–Kier alpha value is -3.22. The predicted molar refractivity (Wildman–Crippen MR) is 97.0 cm³/mol. The lowest BCUT2D eigenvalue weighted by molar-refractivity contribution is -0.138. The number of carbonyl (C=O) groups is 3. The average Bonchev–Trinajstić information content (AvgIpc) is 3.12. The second-order valence-corrected chi connectivity index (χ2v) is 6.84. The quantitative estimate of drug-likeness (QED) is 0.724. The molecule has 2 aliphatic rings. The fourth-order valence-electron chi connectivity index (χ4n) is 3.79. The summed E-state index contributed by atoms with van der Waals surface area (Å²) in [5.41, 5.74) is 3.18. The van der Waals surface area contributed by atoms with Gasteiger partial charge in [-0.2, -0.15) is 0 Å². The molecule has 1 aliphatic heterocycles. The minimum absolute atomic E-state index is 0.0846.